The molecule has 1 heterocycles. The van der Waals surface area contributed by atoms with Crippen LogP contribution in [0.2, 0.25) is 0 Å². The number of nitrogens with zero attached hydrogens (tertiary/aromatic N) is 1. The lowest BCUT2D eigenvalue weighted by Gasteiger charge is -2.21. The predicted molar refractivity (Wildman–Crippen MR) is 114 cm³/mol. The quantitative estimate of drug-likeness (QED) is 0.303. The average molecular weight is 423 g/mol. The fourth-order valence-electron chi connectivity index (χ4n) is 3.54. The summed E-state index contributed by atoms with van der Waals surface area (Å²) in [4.78, 5) is 39.6. The Hall–Kier alpha value is -3.61. The van der Waals surface area contributed by atoms with Crippen molar-refractivity contribution in [1.29, 1.82) is 0 Å². The van der Waals surface area contributed by atoms with Crippen molar-refractivity contribution >= 4 is 24.0 Å². The van der Waals surface area contributed by atoms with Crippen LogP contribution in [0.25, 0.3) is 6.08 Å². The fraction of sp³-hybridized carbons (Fsp3) is 0.292. The molecule has 31 heavy (non-hydrogen) atoms. The lowest BCUT2D eigenvalue weighted by molar-refractivity contribution is -0.141. The number of methoxy groups -OCH3 is 1. The van der Waals surface area contributed by atoms with Gasteiger partial charge in [0.05, 0.1) is 13.7 Å². The summed E-state index contributed by atoms with van der Waals surface area (Å²) in [6.07, 6.45) is 0.676. The van der Waals surface area contributed by atoms with E-state index < -0.39 is 24.0 Å². The topological polar surface area (TPSA) is 82.1 Å². The van der Waals surface area contributed by atoms with Crippen LogP contribution in [0.1, 0.15) is 35.2 Å². The molecule has 1 aliphatic heterocycles. The Labute approximate surface area is 181 Å². The SMILES string of the molecule is CCOC(=O)/C(=C\c1c(C)cc(OC)cc1C)C(=O)N1C(=O)OC[C@H]1c1ccccc1. The van der Waals surface area contributed by atoms with Gasteiger partial charge in [0.15, 0.2) is 0 Å². The predicted octanol–water partition coefficient (Wildman–Crippen LogP) is 3.98. The van der Waals surface area contributed by atoms with E-state index in [-0.39, 0.29) is 18.8 Å². The Kier molecular flexibility index (Phi) is 6.74. The van der Waals surface area contributed by atoms with Gasteiger partial charge in [-0.3, -0.25) is 4.79 Å². The molecule has 1 saturated heterocycles. The van der Waals surface area contributed by atoms with Crippen LogP contribution < -0.4 is 4.74 Å². The van der Waals surface area contributed by atoms with Gasteiger partial charge in [0.1, 0.15) is 24.0 Å². The zero-order chi connectivity index (χ0) is 22.5. The molecule has 0 aromatic heterocycles. The van der Waals surface area contributed by atoms with Crippen molar-refractivity contribution in [3.63, 3.8) is 0 Å². The van der Waals surface area contributed by atoms with Crippen molar-refractivity contribution in [1.82, 2.24) is 4.90 Å². The highest BCUT2D eigenvalue weighted by atomic mass is 16.6. The summed E-state index contributed by atoms with van der Waals surface area (Å²) in [5.74, 6) is -0.888. The molecular weight excluding hydrogens is 398 g/mol. The van der Waals surface area contributed by atoms with Gasteiger partial charge in [0.2, 0.25) is 0 Å². The van der Waals surface area contributed by atoms with Crippen molar-refractivity contribution in [2.24, 2.45) is 0 Å². The fourth-order valence-corrected chi connectivity index (χ4v) is 3.54. The lowest BCUT2D eigenvalue weighted by Crippen LogP contribution is -2.37. The molecule has 0 aliphatic carbocycles. The Morgan fingerprint density at radius 1 is 1.16 bits per heavy atom. The van der Waals surface area contributed by atoms with E-state index in [2.05, 4.69) is 0 Å². The molecule has 0 unspecified atom stereocenters. The number of hydrogen-bond donors (Lipinski definition) is 0. The second-order valence-electron chi connectivity index (χ2n) is 7.13. The van der Waals surface area contributed by atoms with Gasteiger partial charge in [-0.2, -0.15) is 0 Å². The second-order valence-corrected chi connectivity index (χ2v) is 7.13. The maximum absolute atomic E-state index is 13.4. The molecular formula is C24H25NO6. The first-order chi connectivity index (χ1) is 14.9. The maximum Gasteiger partial charge on any atom is 0.417 e. The summed E-state index contributed by atoms with van der Waals surface area (Å²) in [6, 6.07) is 12.1. The smallest absolute Gasteiger partial charge is 0.417 e. The summed E-state index contributed by atoms with van der Waals surface area (Å²) in [6.45, 7) is 5.47. The molecule has 1 aliphatic rings. The normalized spacial score (nSPS) is 16.1. The Balaban J connectivity index is 2.07. The molecule has 7 nitrogen and oxygen atoms in total. The molecule has 7 heteroatoms. The van der Waals surface area contributed by atoms with Crippen molar-refractivity contribution in [2.45, 2.75) is 26.8 Å². The summed E-state index contributed by atoms with van der Waals surface area (Å²) in [5.41, 5.74) is 2.81. The minimum absolute atomic E-state index is 0.0191. The Morgan fingerprint density at radius 3 is 2.39 bits per heavy atom. The van der Waals surface area contributed by atoms with E-state index in [9.17, 15) is 14.4 Å². The molecule has 0 saturated carbocycles. The molecule has 0 spiro atoms. The zero-order valence-corrected chi connectivity index (χ0v) is 18.0. The number of aryl methyl sites for hydroxylation is 2. The first kappa shape index (κ1) is 22.1. The standard InChI is InChI=1S/C24H25NO6/c1-5-30-23(27)20(13-19-15(2)11-18(29-4)12-16(19)3)22(26)25-21(14-31-24(25)28)17-9-7-6-8-10-17/h6-13,21H,5,14H2,1-4H3/b20-13-/t21-/m0/s1. The monoisotopic (exact) mass is 423 g/mol. The summed E-state index contributed by atoms with van der Waals surface area (Å²) >= 11 is 0. The van der Waals surface area contributed by atoms with Crippen molar-refractivity contribution in [2.75, 3.05) is 20.3 Å². The van der Waals surface area contributed by atoms with Crippen LogP contribution in [0.15, 0.2) is 48.0 Å². The van der Waals surface area contributed by atoms with Crippen molar-refractivity contribution in [3.05, 3.63) is 70.3 Å². The number of imide groups is 1. The average Bonchev–Trinajstić information content (AvgIpc) is 3.14. The van der Waals surface area contributed by atoms with E-state index >= 15 is 0 Å². The Morgan fingerprint density at radius 2 is 1.81 bits per heavy atom. The van der Waals surface area contributed by atoms with Gasteiger partial charge >= 0.3 is 12.1 Å². The Bertz CT molecular complexity index is 1000. The molecule has 0 bridgehead atoms. The molecule has 1 atom stereocenters. The summed E-state index contributed by atoms with van der Waals surface area (Å²) < 4.78 is 15.5. The molecule has 2 aromatic carbocycles. The van der Waals surface area contributed by atoms with E-state index in [0.717, 1.165) is 21.6 Å². The van der Waals surface area contributed by atoms with Gasteiger partial charge in [0.25, 0.3) is 5.91 Å². The van der Waals surface area contributed by atoms with Crippen LogP contribution in [0, 0.1) is 13.8 Å². The molecule has 0 radical (unpaired) electrons. The number of benzene rings is 2. The molecule has 1 fully saturated rings. The van der Waals surface area contributed by atoms with Gasteiger partial charge in [0, 0.05) is 0 Å². The van der Waals surface area contributed by atoms with Crippen LogP contribution in [0.5, 0.6) is 5.75 Å². The maximum atomic E-state index is 13.4. The number of carbonyl (C=O) groups is 3. The van der Waals surface area contributed by atoms with Crippen molar-refractivity contribution < 1.29 is 28.6 Å². The first-order valence-electron chi connectivity index (χ1n) is 9.96. The van der Waals surface area contributed by atoms with E-state index in [0.29, 0.717) is 11.3 Å². The van der Waals surface area contributed by atoms with E-state index in [1.807, 2.05) is 44.2 Å². The van der Waals surface area contributed by atoms with E-state index in [1.54, 1.807) is 26.2 Å². The van der Waals surface area contributed by atoms with E-state index in [4.69, 9.17) is 14.2 Å². The minimum atomic E-state index is -0.798. The highest BCUT2D eigenvalue weighted by molar-refractivity contribution is 6.22. The van der Waals surface area contributed by atoms with Gasteiger partial charge in [-0.25, -0.2) is 14.5 Å². The third-order valence-corrected chi connectivity index (χ3v) is 5.09. The minimum Gasteiger partial charge on any atom is -0.497 e. The second kappa shape index (κ2) is 9.47. The molecule has 2 aromatic rings. The third-order valence-electron chi connectivity index (χ3n) is 5.09. The number of esters is 1. The summed E-state index contributed by atoms with van der Waals surface area (Å²) in [7, 11) is 1.57. The highest BCUT2D eigenvalue weighted by Crippen LogP contribution is 2.31. The van der Waals surface area contributed by atoms with Gasteiger partial charge in [-0.1, -0.05) is 30.3 Å². The molecule has 0 N–H and O–H groups in total. The molecule has 2 amide bonds. The van der Waals surface area contributed by atoms with Crippen LogP contribution in [0.3, 0.4) is 0 Å². The van der Waals surface area contributed by atoms with Crippen molar-refractivity contribution in [3.8, 4) is 5.75 Å². The van der Waals surface area contributed by atoms with Crippen LogP contribution >= 0.6 is 0 Å². The van der Waals surface area contributed by atoms with Crippen LogP contribution in [-0.2, 0) is 19.1 Å². The van der Waals surface area contributed by atoms with Gasteiger partial charge < -0.3 is 14.2 Å². The van der Waals surface area contributed by atoms with Crippen LogP contribution in [-0.4, -0.2) is 43.2 Å². The zero-order valence-electron chi connectivity index (χ0n) is 18.0. The summed E-state index contributed by atoms with van der Waals surface area (Å²) in [5, 5.41) is 0. The van der Waals surface area contributed by atoms with Crippen LogP contribution in [0.4, 0.5) is 4.79 Å². The van der Waals surface area contributed by atoms with Gasteiger partial charge in [-0.15, -0.1) is 0 Å². The highest BCUT2D eigenvalue weighted by Gasteiger charge is 2.41. The number of hydrogen-bond acceptors (Lipinski definition) is 6. The molecule has 3 rings (SSSR count). The third kappa shape index (κ3) is 4.60. The number of cyclic esters (lactones) is 1. The van der Waals surface area contributed by atoms with Gasteiger partial charge in [-0.05, 0) is 61.2 Å². The largest absolute Gasteiger partial charge is 0.497 e. The van der Waals surface area contributed by atoms with E-state index in [1.165, 1.54) is 6.08 Å². The lowest BCUT2D eigenvalue weighted by atomic mass is 9.98. The molecule has 162 valence electrons. The first-order valence-corrected chi connectivity index (χ1v) is 9.96. The number of amides is 2. The number of ether oxygens (including phenoxy) is 3. The number of rotatable bonds is 6. The number of carbonyl (C=O) groups excluding carboxylic acids is 3.